The number of aromatic nitrogens is 1. The third-order valence-corrected chi connectivity index (χ3v) is 2.25. The molecule has 1 aromatic rings. The second-order valence-electron chi connectivity index (χ2n) is 3.91. The Morgan fingerprint density at radius 3 is 2.79 bits per heavy atom. The first-order valence-corrected chi connectivity index (χ1v) is 5.83. The molecule has 7 nitrogen and oxygen atoms in total. The molecule has 2 amide bonds. The summed E-state index contributed by atoms with van der Waals surface area (Å²) < 4.78 is 4.94. The van der Waals surface area contributed by atoms with Crippen LogP contribution in [0.15, 0.2) is 12.1 Å². The average molecular weight is 266 g/mol. The van der Waals surface area contributed by atoms with E-state index in [-0.39, 0.29) is 19.1 Å². The lowest BCUT2D eigenvalue weighted by Gasteiger charge is -2.08. The molecule has 0 saturated carbocycles. The van der Waals surface area contributed by atoms with Gasteiger partial charge in [0.05, 0.1) is 6.61 Å². The maximum atomic E-state index is 11.8. The predicted octanol–water partition coefficient (Wildman–Crippen LogP) is -0.337. The highest BCUT2D eigenvalue weighted by Crippen LogP contribution is 2.09. The van der Waals surface area contributed by atoms with Gasteiger partial charge in [-0.25, -0.2) is 4.98 Å². The average Bonchev–Trinajstić information content (AvgIpc) is 2.36. The van der Waals surface area contributed by atoms with Crippen LogP contribution in [0.4, 0.5) is 5.82 Å². The van der Waals surface area contributed by atoms with Crippen molar-refractivity contribution in [1.82, 2.24) is 10.3 Å². The summed E-state index contributed by atoms with van der Waals surface area (Å²) in [6, 6.07) is 3.35. The number of nitrogens with zero attached hydrogens (tertiary/aromatic N) is 1. The van der Waals surface area contributed by atoms with Crippen LogP contribution in [0.3, 0.4) is 0 Å². The van der Waals surface area contributed by atoms with E-state index in [1.807, 2.05) is 6.92 Å². The van der Waals surface area contributed by atoms with Crippen LogP contribution in [0.25, 0.3) is 0 Å². The summed E-state index contributed by atoms with van der Waals surface area (Å²) in [5, 5.41) is 5.56. The van der Waals surface area contributed by atoms with Crippen molar-refractivity contribution in [3.8, 4) is 0 Å². The molecular formula is C12H18N4O3. The molecule has 7 heteroatoms. The Balaban J connectivity index is 2.45. The molecule has 0 aliphatic heterocycles. The summed E-state index contributed by atoms with van der Waals surface area (Å²) in [7, 11) is 1.74. The van der Waals surface area contributed by atoms with E-state index in [2.05, 4.69) is 15.6 Å². The first kappa shape index (κ1) is 14.9. The Morgan fingerprint density at radius 1 is 1.42 bits per heavy atom. The van der Waals surface area contributed by atoms with Gasteiger partial charge in [0, 0.05) is 24.8 Å². The van der Waals surface area contributed by atoms with Gasteiger partial charge in [-0.3, -0.25) is 9.59 Å². The van der Waals surface area contributed by atoms with E-state index in [4.69, 9.17) is 10.5 Å². The molecule has 0 aliphatic rings. The zero-order valence-electron chi connectivity index (χ0n) is 11.0. The second-order valence-corrected chi connectivity index (χ2v) is 3.91. The zero-order valence-corrected chi connectivity index (χ0v) is 11.0. The monoisotopic (exact) mass is 266 g/mol. The number of anilines is 1. The topological polar surface area (TPSA) is 106 Å². The fraction of sp³-hybridized carbons (Fsp3) is 0.417. The second kappa shape index (κ2) is 7.32. The minimum atomic E-state index is -0.533. The fourth-order valence-corrected chi connectivity index (χ4v) is 1.44. The van der Waals surface area contributed by atoms with Gasteiger partial charge in [-0.05, 0) is 19.1 Å². The van der Waals surface area contributed by atoms with Crippen LogP contribution >= 0.6 is 0 Å². The summed E-state index contributed by atoms with van der Waals surface area (Å²) in [6.45, 7) is 2.21. The number of carbonyl (C=O) groups is 2. The largest absolute Gasteiger partial charge is 0.373 e. The van der Waals surface area contributed by atoms with Crippen molar-refractivity contribution in [3.63, 3.8) is 0 Å². The number of carbonyl (C=O) groups excluding carboxylic acids is 2. The first-order valence-electron chi connectivity index (χ1n) is 5.83. The van der Waals surface area contributed by atoms with Crippen molar-refractivity contribution in [1.29, 1.82) is 0 Å². The van der Waals surface area contributed by atoms with E-state index in [0.717, 1.165) is 5.69 Å². The Morgan fingerprint density at radius 2 is 2.16 bits per heavy atom. The van der Waals surface area contributed by atoms with Crippen LogP contribution in [0.1, 0.15) is 16.1 Å². The molecular weight excluding hydrogens is 248 g/mol. The van der Waals surface area contributed by atoms with Crippen molar-refractivity contribution in [3.05, 3.63) is 23.4 Å². The number of primary amides is 1. The van der Waals surface area contributed by atoms with Crippen molar-refractivity contribution in [2.24, 2.45) is 5.73 Å². The molecule has 0 saturated heterocycles. The fourth-order valence-electron chi connectivity index (χ4n) is 1.44. The van der Waals surface area contributed by atoms with Crippen LogP contribution < -0.4 is 16.4 Å². The van der Waals surface area contributed by atoms with Crippen LogP contribution in [0.5, 0.6) is 0 Å². The molecule has 0 spiro atoms. The van der Waals surface area contributed by atoms with Crippen LogP contribution in [0.2, 0.25) is 0 Å². The van der Waals surface area contributed by atoms with Gasteiger partial charge < -0.3 is 21.1 Å². The van der Waals surface area contributed by atoms with Crippen LogP contribution in [0, 0.1) is 6.92 Å². The van der Waals surface area contributed by atoms with E-state index >= 15 is 0 Å². The van der Waals surface area contributed by atoms with E-state index < -0.39 is 5.91 Å². The number of pyridine rings is 1. The smallest absolute Gasteiger partial charge is 0.251 e. The van der Waals surface area contributed by atoms with Crippen molar-refractivity contribution < 1.29 is 14.3 Å². The molecule has 19 heavy (non-hydrogen) atoms. The van der Waals surface area contributed by atoms with Gasteiger partial charge in [0.25, 0.3) is 5.91 Å². The summed E-state index contributed by atoms with van der Waals surface area (Å²) in [5.74, 6) is -0.116. The highest BCUT2D eigenvalue weighted by atomic mass is 16.5. The van der Waals surface area contributed by atoms with E-state index in [1.54, 1.807) is 19.2 Å². The van der Waals surface area contributed by atoms with Gasteiger partial charge in [0.2, 0.25) is 5.91 Å². The van der Waals surface area contributed by atoms with Gasteiger partial charge >= 0.3 is 0 Å². The van der Waals surface area contributed by atoms with E-state index in [0.29, 0.717) is 17.9 Å². The number of rotatable bonds is 7. The molecule has 0 unspecified atom stereocenters. The van der Waals surface area contributed by atoms with Crippen LogP contribution in [-0.2, 0) is 9.53 Å². The number of amides is 2. The Bertz CT molecular complexity index is 462. The minimum absolute atomic E-state index is 0.145. The number of nitrogens with one attached hydrogen (secondary N) is 2. The summed E-state index contributed by atoms with van der Waals surface area (Å²) in [5.41, 5.74) is 6.18. The van der Waals surface area contributed by atoms with Gasteiger partial charge in [-0.1, -0.05) is 0 Å². The van der Waals surface area contributed by atoms with Gasteiger partial charge in [-0.2, -0.15) is 0 Å². The lowest BCUT2D eigenvalue weighted by molar-refractivity contribution is -0.122. The minimum Gasteiger partial charge on any atom is -0.373 e. The number of hydrogen-bond donors (Lipinski definition) is 3. The molecule has 1 heterocycles. The number of ether oxygens (including phenoxy) is 1. The lowest BCUT2D eigenvalue weighted by atomic mass is 10.2. The Labute approximate surface area is 111 Å². The third-order valence-electron chi connectivity index (χ3n) is 2.25. The van der Waals surface area contributed by atoms with Gasteiger partial charge in [0.1, 0.15) is 12.4 Å². The summed E-state index contributed by atoms with van der Waals surface area (Å²) in [4.78, 5) is 26.5. The van der Waals surface area contributed by atoms with E-state index in [1.165, 1.54) is 0 Å². The standard InChI is InChI=1S/C12H18N4O3/c1-8-5-9(6-11(14-2)16-8)12(18)15-3-4-19-7-10(13)17/h5-6H,3-4,7H2,1-2H3,(H2,13,17)(H,14,16)(H,15,18). The molecule has 0 radical (unpaired) electrons. The number of hydrogen-bond acceptors (Lipinski definition) is 5. The molecule has 4 N–H and O–H groups in total. The maximum absolute atomic E-state index is 11.8. The Kier molecular flexibility index (Phi) is 5.74. The summed E-state index contributed by atoms with van der Waals surface area (Å²) >= 11 is 0. The Hall–Kier alpha value is -2.15. The first-order chi connectivity index (χ1) is 9.02. The van der Waals surface area contributed by atoms with Crippen molar-refractivity contribution in [2.45, 2.75) is 6.92 Å². The van der Waals surface area contributed by atoms with Gasteiger partial charge in [0.15, 0.2) is 0 Å². The highest BCUT2D eigenvalue weighted by molar-refractivity contribution is 5.94. The highest BCUT2D eigenvalue weighted by Gasteiger charge is 2.07. The predicted molar refractivity (Wildman–Crippen MR) is 70.9 cm³/mol. The molecule has 0 bridgehead atoms. The molecule has 1 rings (SSSR count). The number of nitrogens with two attached hydrogens (primary N) is 1. The maximum Gasteiger partial charge on any atom is 0.251 e. The lowest BCUT2D eigenvalue weighted by Crippen LogP contribution is -2.29. The van der Waals surface area contributed by atoms with Crippen LogP contribution in [-0.4, -0.2) is 43.6 Å². The SMILES string of the molecule is CNc1cc(C(=O)NCCOCC(N)=O)cc(C)n1. The van der Waals surface area contributed by atoms with Crippen molar-refractivity contribution in [2.75, 3.05) is 32.1 Å². The normalized spacial score (nSPS) is 10.0. The quantitative estimate of drug-likeness (QED) is 0.586. The molecule has 104 valence electrons. The molecule has 0 aliphatic carbocycles. The molecule has 0 aromatic carbocycles. The summed E-state index contributed by atoms with van der Waals surface area (Å²) in [6.07, 6.45) is 0. The van der Waals surface area contributed by atoms with Gasteiger partial charge in [-0.15, -0.1) is 0 Å². The van der Waals surface area contributed by atoms with E-state index in [9.17, 15) is 9.59 Å². The molecule has 0 atom stereocenters. The third kappa shape index (κ3) is 5.35. The van der Waals surface area contributed by atoms with Crippen molar-refractivity contribution >= 4 is 17.6 Å². The molecule has 0 fully saturated rings. The number of aryl methyl sites for hydroxylation is 1. The zero-order chi connectivity index (χ0) is 14.3. The molecule has 1 aromatic heterocycles.